The highest BCUT2D eigenvalue weighted by atomic mass is 32.2. The van der Waals surface area contributed by atoms with Gasteiger partial charge in [0.2, 0.25) is 0 Å². The van der Waals surface area contributed by atoms with Gasteiger partial charge in [-0.2, -0.15) is 17.6 Å². The van der Waals surface area contributed by atoms with Crippen LogP contribution in [-0.4, -0.2) is 23.9 Å². The molecule has 0 atom stereocenters. The molecule has 0 bridgehead atoms. The molecule has 0 N–H and O–H groups in total. The zero-order valence-electron chi connectivity index (χ0n) is 10.9. The summed E-state index contributed by atoms with van der Waals surface area (Å²) < 4.78 is 25.8. The molecular weight excluding hydrogens is 264 g/mol. The molecule has 5 nitrogen and oxygen atoms in total. The van der Waals surface area contributed by atoms with E-state index in [1.54, 1.807) is 26.0 Å². The van der Waals surface area contributed by atoms with Gasteiger partial charge in [-0.1, -0.05) is 17.7 Å². The van der Waals surface area contributed by atoms with Crippen molar-refractivity contribution in [1.82, 2.24) is 9.19 Å². The van der Waals surface area contributed by atoms with Crippen LogP contribution >= 0.6 is 0 Å². The first-order valence-electron chi connectivity index (χ1n) is 5.71. The van der Waals surface area contributed by atoms with Gasteiger partial charge in [0.25, 0.3) is 10.0 Å². The Bertz CT molecular complexity index is 728. The SMILES string of the molecule is Cc1ccc(S(=O)(=O)n2nc(C)c(C=O)c2C)cc1. The van der Waals surface area contributed by atoms with Gasteiger partial charge in [-0.3, -0.25) is 4.79 Å². The lowest BCUT2D eigenvalue weighted by molar-refractivity contribution is 0.112. The van der Waals surface area contributed by atoms with E-state index in [1.165, 1.54) is 12.1 Å². The van der Waals surface area contributed by atoms with Crippen molar-refractivity contribution in [3.8, 4) is 0 Å². The molecule has 6 heteroatoms. The number of benzene rings is 1. The molecule has 0 fully saturated rings. The van der Waals surface area contributed by atoms with Gasteiger partial charge in [0.05, 0.1) is 21.8 Å². The van der Waals surface area contributed by atoms with E-state index in [0.29, 0.717) is 23.2 Å². The second-order valence-electron chi connectivity index (χ2n) is 4.36. The van der Waals surface area contributed by atoms with Gasteiger partial charge in [0, 0.05) is 0 Å². The van der Waals surface area contributed by atoms with Crippen LogP contribution < -0.4 is 0 Å². The average Bonchev–Trinajstić information content (AvgIpc) is 2.65. The molecule has 1 aromatic heterocycles. The number of carbonyl (C=O) groups excluding carboxylic acids is 1. The first-order valence-corrected chi connectivity index (χ1v) is 7.15. The molecule has 0 spiro atoms. The molecule has 2 rings (SSSR count). The second-order valence-corrected chi connectivity index (χ2v) is 6.13. The van der Waals surface area contributed by atoms with E-state index in [-0.39, 0.29) is 4.90 Å². The van der Waals surface area contributed by atoms with E-state index in [1.807, 2.05) is 6.92 Å². The van der Waals surface area contributed by atoms with Crippen LogP contribution in [0.2, 0.25) is 0 Å². The van der Waals surface area contributed by atoms with Gasteiger partial charge in [-0.25, -0.2) is 0 Å². The van der Waals surface area contributed by atoms with Crippen molar-refractivity contribution in [3.05, 3.63) is 46.8 Å². The second kappa shape index (κ2) is 4.62. The van der Waals surface area contributed by atoms with E-state index in [4.69, 9.17) is 0 Å². The standard InChI is InChI=1S/C13H14N2O3S/c1-9-4-6-12(7-5-9)19(17,18)15-11(3)13(8-16)10(2)14-15/h4-8H,1-3H3. The summed E-state index contributed by atoms with van der Waals surface area (Å²) in [7, 11) is -3.75. The normalized spacial score (nSPS) is 11.5. The van der Waals surface area contributed by atoms with Gasteiger partial charge >= 0.3 is 0 Å². The van der Waals surface area contributed by atoms with Crippen LogP contribution in [-0.2, 0) is 10.0 Å². The Morgan fingerprint density at radius 1 is 1.11 bits per heavy atom. The van der Waals surface area contributed by atoms with Gasteiger partial charge in [0.1, 0.15) is 0 Å². The quantitative estimate of drug-likeness (QED) is 0.804. The number of aldehydes is 1. The minimum Gasteiger partial charge on any atom is -0.298 e. The molecule has 1 aromatic carbocycles. The van der Waals surface area contributed by atoms with E-state index < -0.39 is 10.0 Å². The summed E-state index contributed by atoms with van der Waals surface area (Å²) >= 11 is 0. The highest BCUT2D eigenvalue weighted by molar-refractivity contribution is 7.89. The zero-order chi connectivity index (χ0) is 14.2. The zero-order valence-corrected chi connectivity index (χ0v) is 11.7. The minimum atomic E-state index is -3.75. The molecule has 0 amide bonds. The molecular formula is C13H14N2O3S. The Morgan fingerprint density at radius 3 is 2.16 bits per heavy atom. The molecule has 19 heavy (non-hydrogen) atoms. The van der Waals surface area contributed by atoms with Crippen LogP contribution in [0.1, 0.15) is 27.3 Å². The fraction of sp³-hybridized carbons (Fsp3) is 0.231. The third kappa shape index (κ3) is 2.19. The summed E-state index contributed by atoms with van der Waals surface area (Å²) in [4.78, 5) is 11.1. The van der Waals surface area contributed by atoms with E-state index in [2.05, 4.69) is 5.10 Å². The monoisotopic (exact) mass is 278 g/mol. The molecule has 0 aliphatic rings. The maximum atomic E-state index is 12.4. The molecule has 2 aromatic rings. The summed E-state index contributed by atoms with van der Waals surface area (Å²) in [5, 5.41) is 3.95. The van der Waals surface area contributed by atoms with Crippen molar-refractivity contribution >= 4 is 16.3 Å². The lowest BCUT2D eigenvalue weighted by Crippen LogP contribution is -2.16. The molecule has 0 saturated carbocycles. The Kier molecular flexibility index (Phi) is 3.28. The van der Waals surface area contributed by atoms with Crippen molar-refractivity contribution in [2.24, 2.45) is 0 Å². The Labute approximate surface area is 111 Å². The lowest BCUT2D eigenvalue weighted by atomic mass is 10.2. The van der Waals surface area contributed by atoms with Gasteiger partial charge in [0.15, 0.2) is 6.29 Å². The Hall–Kier alpha value is -1.95. The predicted octanol–water partition coefficient (Wildman–Crippen LogP) is 1.86. The van der Waals surface area contributed by atoms with Crippen molar-refractivity contribution in [2.75, 3.05) is 0 Å². The van der Waals surface area contributed by atoms with Crippen LogP contribution in [0.5, 0.6) is 0 Å². The Balaban J connectivity index is 2.63. The van der Waals surface area contributed by atoms with Gasteiger partial charge < -0.3 is 0 Å². The third-order valence-electron chi connectivity index (χ3n) is 2.97. The van der Waals surface area contributed by atoms with Crippen molar-refractivity contribution in [3.63, 3.8) is 0 Å². The van der Waals surface area contributed by atoms with Crippen LogP contribution in [0.3, 0.4) is 0 Å². The van der Waals surface area contributed by atoms with Crippen LogP contribution in [0, 0.1) is 20.8 Å². The fourth-order valence-electron chi connectivity index (χ4n) is 1.84. The van der Waals surface area contributed by atoms with Crippen molar-refractivity contribution < 1.29 is 13.2 Å². The fourth-order valence-corrected chi connectivity index (χ4v) is 3.21. The highest BCUT2D eigenvalue weighted by Crippen LogP contribution is 2.19. The first kappa shape index (κ1) is 13.5. The molecule has 0 aliphatic carbocycles. The summed E-state index contributed by atoms with van der Waals surface area (Å²) in [5.41, 5.74) is 2.02. The summed E-state index contributed by atoms with van der Waals surface area (Å²) in [5.74, 6) is 0. The molecule has 0 saturated heterocycles. The maximum absolute atomic E-state index is 12.4. The largest absolute Gasteiger partial charge is 0.298 e. The summed E-state index contributed by atoms with van der Waals surface area (Å²) in [6.07, 6.45) is 0.624. The number of aryl methyl sites for hydroxylation is 2. The number of hydrogen-bond donors (Lipinski definition) is 0. The molecule has 1 heterocycles. The topological polar surface area (TPSA) is 69.0 Å². The minimum absolute atomic E-state index is 0.154. The van der Waals surface area contributed by atoms with Gasteiger partial charge in [-0.15, -0.1) is 0 Å². The number of rotatable bonds is 3. The van der Waals surface area contributed by atoms with Crippen LogP contribution in [0.15, 0.2) is 29.2 Å². The number of nitrogens with zero attached hydrogens (tertiary/aromatic N) is 2. The number of carbonyl (C=O) groups is 1. The maximum Gasteiger partial charge on any atom is 0.283 e. The summed E-state index contributed by atoms with van der Waals surface area (Å²) in [6.45, 7) is 5.05. The molecule has 100 valence electrons. The third-order valence-corrected chi connectivity index (χ3v) is 4.65. The van der Waals surface area contributed by atoms with E-state index in [9.17, 15) is 13.2 Å². The number of hydrogen-bond acceptors (Lipinski definition) is 4. The molecule has 0 unspecified atom stereocenters. The predicted molar refractivity (Wildman–Crippen MR) is 70.9 cm³/mol. The smallest absolute Gasteiger partial charge is 0.283 e. The lowest BCUT2D eigenvalue weighted by Gasteiger charge is -2.06. The average molecular weight is 278 g/mol. The Morgan fingerprint density at radius 2 is 1.68 bits per heavy atom. The highest BCUT2D eigenvalue weighted by Gasteiger charge is 2.23. The molecule has 0 aliphatic heterocycles. The first-order chi connectivity index (χ1) is 8.87. The van der Waals surface area contributed by atoms with Crippen LogP contribution in [0.4, 0.5) is 0 Å². The van der Waals surface area contributed by atoms with E-state index in [0.717, 1.165) is 9.65 Å². The van der Waals surface area contributed by atoms with Gasteiger partial charge in [-0.05, 0) is 32.9 Å². The van der Waals surface area contributed by atoms with Crippen LogP contribution in [0.25, 0.3) is 0 Å². The molecule has 0 radical (unpaired) electrons. The van der Waals surface area contributed by atoms with Crippen molar-refractivity contribution in [2.45, 2.75) is 25.7 Å². The van der Waals surface area contributed by atoms with Crippen molar-refractivity contribution in [1.29, 1.82) is 0 Å². The number of aromatic nitrogens is 2. The summed E-state index contributed by atoms with van der Waals surface area (Å²) in [6, 6.07) is 6.50. The van der Waals surface area contributed by atoms with E-state index >= 15 is 0 Å².